The van der Waals surface area contributed by atoms with Crippen molar-refractivity contribution in [3.63, 3.8) is 0 Å². The van der Waals surface area contributed by atoms with Gasteiger partial charge in [0.15, 0.2) is 11.6 Å². The van der Waals surface area contributed by atoms with Gasteiger partial charge in [0.2, 0.25) is 0 Å². The maximum Gasteiger partial charge on any atom is 0.272 e. The fourth-order valence-corrected chi connectivity index (χ4v) is 0.959. The first-order valence-corrected chi connectivity index (χ1v) is 4.40. The van der Waals surface area contributed by atoms with Crippen LogP contribution >= 0.6 is 0 Å². The van der Waals surface area contributed by atoms with E-state index in [1.165, 1.54) is 0 Å². The monoisotopic (exact) mass is 231 g/mol. The van der Waals surface area contributed by atoms with E-state index in [1.54, 1.807) is 0 Å². The fourth-order valence-electron chi connectivity index (χ4n) is 0.959. The van der Waals surface area contributed by atoms with Crippen molar-refractivity contribution in [3.05, 3.63) is 34.1 Å². The van der Waals surface area contributed by atoms with Gasteiger partial charge in [0, 0.05) is 6.07 Å². The first-order chi connectivity index (χ1) is 7.54. The van der Waals surface area contributed by atoms with E-state index in [0.717, 1.165) is 18.2 Å². The molecule has 0 amide bonds. The number of aliphatic hydroxyl groups excluding tert-OH is 2. The molecule has 0 heterocycles. The van der Waals surface area contributed by atoms with Gasteiger partial charge in [-0.2, -0.15) is 0 Å². The molecule has 0 aromatic heterocycles. The fraction of sp³-hybridized carbons (Fsp3) is 0.333. The highest BCUT2D eigenvalue weighted by atomic mass is 19.1. The standard InChI is InChI=1S/C9H10FNO5/c10-8-3-6(11(14)15)1-2-9(8)16-5-7(13)4-12/h1-3,7,12-13H,4-5H2. The van der Waals surface area contributed by atoms with Crippen molar-refractivity contribution in [3.8, 4) is 5.75 Å². The predicted molar refractivity (Wildman–Crippen MR) is 51.6 cm³/mol. The number of non-ortho nitro benzene ring substituents is 1. The van der Waals surface area contributed by atoms with Crippen molar-refractivity contribution >= 4 is 5.69 Å². The van der Waals surface area contributed by atoms with E-state index < -0.39 is 23.5 Å². The minimum Gasteiger partial charge on any atom is -0.488 e. The van der Waals surface area contributed by atoms with Gasteiger partial charge < -0.3 is 14.9 Å². The largest absolute Gasteiger partial charge is 0.488 e. The summed E-state index contributed by atoms with van der Waals surface area (Å²) in [6.07, 6.45) is -1.12. The lowest BCUT2D eigenvalue weighted by atomic mass is 10.3. The van der Waals surface area contributed by atoms with Crippen molar-refractivity contribution in [2.45, 2.75) is 6.10 Å². The second-order valence-electron chi connectivity index (χ2n) is 3.02. The number of nitro groups is 1. The summed E-state index contributed by atoms with van der Waals surface area (Å²) in [6.45, 7) is -0.792. The zero-order valence-corrected chi connectivity index (χ0v) is 8.17. The summed E-state index contributed by atoms with van der Waals surface area (Å²) < 4.78 is 18.0. The summed E-state index contributed by atoms with van der Waals surface area (Å²) in [5.74, 6) is -1.10. The summed E-state index contributed by atoms with van der Waals surface area (Å²) in [4.78, 5) is 9.58. The lowest BCUT2D eigenvalue weighted by Crippen LogP contribution is -2.21. The normalized spacial score (nSPS) is 12.2. The Bertz CT molecular complexity index is 384. The molecule has 0 saturated carbocycles. The average Bonchev–Trinajstić information content (AvgIpc) is 2.26. The van der Waals surface area contributed by atoms with Crippen molar-refractivity contribution in [1.82, 2.24) is 0 Å². The maximum absolute atomic E-state index is 13.2. The Balaban J connectivity index is 2.72. The van der Waals surface area contributed by atoms with E-state index in [1.807, 2.05) is 0 Å². The van der Waals surface area contributed by atoms with Crippen LogP contribution in [0.25, 0.3) is 0 Å². The van der Waals surface area contributed by atoms with Gasteiger partial charge in [-0.25, -0.2) is 4.39 Å². The van der Waals surface area contributed by atoms with Gasteiger partial charge >= 0.3 is 0 Å². The molecule has 0 fully saturated rings. The predicted octanol–water partition coefficient (Wildman–Crippen LogP) is 0.466. The quantitative estimate of drug-likeness (QED) is 0.567. The Morgan fingerprint density at radius 1 is 1.56 bits per heavy atom. The summed E-state index contributed by atoms with van der Waals surface area (Å²) in [5, 5.41) is 27.7. The molecule has 1 aromatic carbocycles. The molecule has 1 atom stereocenters. The van der Waals surface area contributed by atoms with Crippen LogP contribution in [0, 0.1) is 15.9 Å². The lowest BCUT2D eigenvalue weighted by Gasteiger charge is -2.09. The van der Waals surface area contributed by atoms with Crippen LogP contribution in [0.3, 0.4) is 0 Å². The van der Waals surface area contributed by atoms with Crippen LogP contribution in [0.15, 0.2) is 18.2 Å². The molecule has 6 nitrogen and oxygen atoms in total. The number of rotatable bonds is 5. The molecule has 0 radical (unpaired) electrons. The minimum absolute atomic E-state index is 0.210. The summed E-state index contributed by atoms with van der Waals surface area (Å²) in [5.41, 5.74) is -0.382. The average molecular weight is 231 g/mol. The SMILES string of the molecule is O=[N+]([O-])c1ccc(OCC(O)CO)c(F)c1. The Hall–Kier alpha value is -1.73. The topological polar surface area (TPSA) is 92.8 Å². The van der Waals surface area contributed by atoms with Crippen molar-refractivity contribution in [2.24, 2.45) is 0 Å². The number of nitro benzene ring substituents is 1. The molecular weight excluding hydrogens is 221 g/mol. The Labute approximate surface area is 90.0 Å². The third kappa shape index (κ3) is 3.14. The highest BCUT2D eigenvalue weighted by Gasteiger charge is 2.12. The molecule has 7 heteroatoms. The van der Waals surface area contributed by atoms with Gasteiger partial charge in [0.1, 0.15) is 12.7 Å². The number of benzene rings is 1. The number of halogens is 1. The molecule has 0 saturated heterocycles. The van der Waals surface area contributed by atoms with E-state index >= 15 is 0 Å². The van der Waals surface area contributed by atoms with E-state index in [2.05, 4.69) is 0 Å². The smallest absolute Gasteiger partial charge is 0.272 e. The summed E-state index contributed by atoms with van der Waals surface area (Å²) >= 11 is 0. The summed E-state index contributed by atoms with van der Waals surface area (Å²) in [6, 6.07) is 2.90. The van der Waals surface area contributed by atoms with Crippen molar-refractivity contribution in [1.29, 1.82) is 0 Å². The van der Waals surface area contributed by atoms with Gasteiger partial charge in [-0.3, -0.25) is 10.1 Å². The van der Waals surface area contributed by atoms with E-state index in [0.29, 0.717) is 0 Å². The van der Waals surface area contributed by atoms with Gasteiger partial charge in [-0.05, 0) is 6.07 Å². The van der Waals surface area contributed by atoms with Crippen LogP contribution in [-0.2, 0) is 0 Å². The van der Waals surface area contributed by atoms with Crippen LogP contribution in [-0.4, -0.2) is 34.5 Å². The van der Waals surface area contributed by atoms with E-state index in [-0.39, 0.29) is 18.0 Å². The molecule has 88 valence electrons. The van der Waals surface area contributed by atoms with Gasteiger partial charge in [0.05, 0.1) is 17.6 Å². The minimum atomic E-state index is -1.12. The van der Waals surface area contributed by atoms with Gasteiger partial charge in [-0.15, -0.1) is 0 Å². The van der Waals surface area contributed by atoms with Crippen molar-refractivity contribution in [2.75, 3.05) is 13.2 Å². The Morgan fingerprint density at radius 3 is 2.75 bits per heavy atom. The first kappa shape index (κ1) is 12.3. The summed E-state index contributed by atoms with van der Waals surface area (Å²) in [7, 11) is 0. The molecule has 1 rings (SSSR count). The molecule has 0 aliphatic carbocycles. The number of hydrogen-bond acceptors (Lipinski definition) is 5. The van der Waals surface area contributed by atoms with Crippen molar-refractivity contribution < 1.29 is 24.3 Å². The molecular formula is C9H10FNO5. The zero-order valence-electron chi connectivity index (χ0n) is 8.17. The third-order valence-electron chi connectivity index (χ3n) is 1.77. The van der Waals surface area contributed by atoms with Crippen LogP contribution in [0.5, 0.6) is 5.75 Å². The molecule has 2 N–H and O–H groups in total. The lowest BCUT2D eigenvalue weighted by molar-refractivity contribution is -0.385. The molecule has 0 aliphatic rings. The second kappa shape index (κ2) is 5.38. The van der Waals surface area contributed by atoms with Gasteiger partial charge in [-0.1, -0.05) is 0 Å². The van der Waals surface area contributed by atoms with Gasteiger partial charge in [0.25, 0.3) is 5.69 Å². The maximum atomic E-state index is 13.2. The number of hydrogen-bond donors (Lipinski definition) is 2. The van der Waals surface area contributed by atoms with Crippen LogP contribution < -0.4 is 4.74 Å². The zero-order chi connectivity index (χ0) is 12.1. The van der Waals surface area contributed by atoms with E-state index in [9.17, 15) is 14.5 Å². The number of nitrogens with zero attached hydrogens (tertiary/aromatic N) is 1. The highest BCUT2D eigenvalue weighted by Crippen LogP contribution is 2.22. The molecule has 0 aliphatic heterocycles. The highest BCUT2D eigenvalue weighted by molar-refractivity contribution is 5.37. The molecule has 1 aromatic rings. The molecule has 1 unspecified atom stereocenters. The Kier molecular flexibility index (Phi) is 4.15. The number of ether oxygens (including phenoxy) is 1. The van der Waals surface area contributed by atoms with Crippen LogP contribution in [0.1, 0.15) is 0 Å². The third-order valence-corrected chi connectivity index (χ3v) is 1.77. The van der Waals surface area contributed by atoms with Crippen LogP contribution in [0.2, 0.25) is 0 Å². The molecule has 0 spiro atoms. The molecule has 16 heavy (non-hydrogen) atoms. The van der Waals surface area contributed by atoms with E-state index in [4.69, 9.17) is 14.9 Å². The molecule has 0 bridgehead atoms. The van der Waals surface area contributed by atoms with Crippen LogP contribution in [0.4, 0.5) is 10.1 Å². The first-order valence-electron chi connectivity index (χ1n) is 4.40. The number of aliphatic hydroxyl groups is 2. The second-order valence-corrected chi connectivity index (χ2v) is 3.02. The Morgan fingerprint density at radius 2 is 2.25 bits per heavy atom.